The summed E-state index contributed by atoms with van der Waals surface area (Å²) in [5.74, 6) is 0.171. The molecule has 0 saturated heterocycles. The summed E-state index contributed by atoms with van der Waals surface area (Å²) in [6.45, 7) is -0.133. The Morgan fingerprint density at radius 1 is 1.12 bits per heavy atom. The lowest BCUT2D eigenvalue weighted by Gasteiger charge is -2.58. The third kappa shape index (κ3) is 4.46. The van der Waals surface area contributed by atoms with Gasteiger partial charge in [-0.05, 0) is 79.7 Å². The molecule has 0 aromatic heterocycles. The number of hydrogen-bond acceptors (Lipinski definition) is 5. The van der Waals surface area contributed by atoms with Crippen LogP contribution in [0, 0.1) is 23.6 Å². The van der Waals surface area contributed by atoms with E-state index in [-0.39, 0.29) is 36.7 Å². The van der Waals surface area contributed by atoms with Crippen molar-refractivity contribution in [1.82, 2.24) is 5.32 Å². The van der Waals surface area contributed by atoms with E-state index in [2.05, 4.69) is 5.32 Å². The quantitative estimate of drug-likeness (QED) is 0.575. The Labute approximate surface area is 198 Å². The Bertz CT molecular complexity index is 1090. The molecule has 6 nitrogen and oxygen atoms in total. The molecule has 2 unspecified atom stereocenters. The number of amides is 1. The molecule has 4 aliphatic carbocycles. The Hall–Kier alpha value is -2.77. The van der Waals surface area contributed by atoms with Gasteiger partial charge in [0.2, 0.25) is 0 Å². The number of rotatable bonds is 8. The highest BCUT2D eigenvalue weighted by atomic mass is 19.1. The number of halogens is 1. The van der Waals surface area contributed by atoms with Crippen molar-refractivity contribution in [2.75, 3.05) is 13.7 Å². The van der Waals surface area contributed by atoms with E-state index < -0.39 is 11.4 Å². The number of nitrogens with one attached hydrogen (secondary N) is 1. The van der Waals surface area contributed by atoms with Crippen LogP contribution in [0.1, 0.15) is 58.4 Å². The Morgan fingerprint density at radius 3 is 2.53 bits per heavy atom. The van der Waals surface area contributed by atoms with Gasteiger partial charge in [-0.15, -0.1) is 0 Å². The molecule has 7 heteroatoms. The van der Waals surface area contributed by atoms with Crippen LogP contribution < -0.4 is 10.1 Å². The Morgan fingerprint density at radius 2 is 1.85 bits per heavy atom. The van der Waals surface area contributed by atoms with Crippen molar-refractivity contribution < 1.29 is 28.6 Å². The van der Waals surface area contributed by atoms with Gasteiger partial charge in [0, 0.05) is 24.3 Å². The van der Waals surface area contributed by atoms with E-state index in [4.69, 9.17) is 9.47 Å². The number of Topliss-reactive ketones (excluding diaryl/α,β-unsaturated/α-hetero) is 1. The van der Waals surface area contributed by atoms with Crippen LogP contribution >= 0.6 is 0 Å². The fourth-order valence-corrected chi connectivity index (χ4v) is 6.50. The predicted molar refractivity (Wildman–Crippen MR) is 123 cm³/mol. The first kappa shape index (κ1) is 23.0. The van der Waals surface area contributed by atoms with E-state index in [1.54, 1.807) is 30.3 Å². The largest absolute Gasteiger partial charge is 0.482 e. The number of hydrogen-bond donors (Lipinski definition) is 2. The van der Waals surface area contributed by atoms with Gasteiger partial charge in [-0.3, -0.25) is 9.59 Å². The molecular weight excluding hydrogens is 437 g/mol. The number of ketones is 1. The minimum Gasteiger partial charge on any atom is -0.482 e. The molecular formula is C27H30FNO5. The molecule has 2 aromatic carbocycles. The van der Waals surface area contributed by atoms with Gasteiger partial charge >= 0.3 is 0 Å². The molecule has 4 aliphatic rings. The van der Waals surface area contributed by atoms with E-state index in [0.717, 1.165) is 32.1 Å². The number of carbonyl (C=O) groups excluding carboxylic acids is 2. The maximum Gasteiger partial charge on any atom is 0.251 e. The van der Waals surface area contributed by atoms with Gasteiger partial charge < -0.3 is 19.9 Å². The lowest BCUT2D eigenvalue weighted by molar-refractivity contribution is -0.136. The summed E-state index contributed by atoms with van der Waals surface area (Å²) in [4.78, 5) is 25.9. The molecule has 4 fully saturated rings. The van der Waals surface area contributed by atoms with Gasteiger partial charge in [-0.2, -0.15) is 0 Å². The summed E-state index contributed by atoms with van der Waals surface area (Å²) in [6, 6.07) is 10.9. The van der Waals surface area contributed by atoms with Crippen LogP contribution in [0.3, 0.4) is 0 Å². The number of carbonyl (C=O) groups is 2. The SMILES string of the molecule is COCc1cc(C(=O)COc2ccccc2F)ccc1C(=O)N[C@H]1C2CC3CC1C[C@](O)(C3)C2. The molecule has 2 atom stereocenters. The van der Waals surface area contributed by atoms with Crippen LogP contribution in [-0.4, -0.2) is 42.2 Å². The van der Waals surface area contributed by atoms with Crippen LogP contribution in [0.25, 0.3) is 0 Å². The van der Waals surface area contributed by atoms with Crippen LogP contribution in [0.15, 0.2) is 42.5 Å². The first-order chi connectivity index (χ1) is 16.3. The number of para-hydroxylation sites is 1. The van der Waals surface area contributed by atoms with Crippen LogP contribution in [-0.2, 0) is 11.3 Å². The topological polar surface area (TPSA) is 84.9 Å². The zero-order valence-corrected chi connectivity index (χ0v) is 19.3. The maximum absolute atomic E-state index is 13.8. The summed E-state index contributed by atoms with van der Waals surface area (Å²) in [5, 5.41) is 14.0. The minimum absolute atomic E-state index is 0.0179. The molecule has 4 bridgehead atoms. The molecule has 34 heavy (non-hydrogen) atoms. The highest BCUT2D eigenvalue weighted by molar-refractivity contribution is 6.00. The lowest BCUT2D eigenvalue weighted by Crippen LogP contribution is -2.61. The molecule has 0 radical (unpaired) electrons. The first-order valence-corrected chi connectivity index (χ1v) is 11.9. The predicted octanol–water partition coefficient (Wildman–Crippen LogP) is 3.90. The van der Waals surface area contributed by atoms with Crippen molar-refractivity contribution in [1.29, 1.82) is 0 Å². The van der Waals surface area contributed by atoms with Crippen molar-refractivity contribution in [3.8, 4) is 5.75 Å². The third-order valence-corrected chi connectivity index (χ3v) is 7.71. The van der Waals surface area contributed by atoms with E-state index in [9.17, 15) is 19.1 Å². The molecule has 0 aliphatic heterocycles. The van der Waals surface area contributed by atoms with Gasteiger partial charge in [0.15, 0.2) is 24.0 Å². The van der Waals surface area contributed by atoms with E-state index >= 15 is 0 Å². The number of methoxy groups -OCH3 is 1. The average molecular weight is 468 g/mol. The summed E-state index contributed by atoms with van der Waals surface area (Å²) in [5.41, 5.74) is 0.906. The second-order valence-electron chi connectivity index (χ2n) is 10.1. The summed E-state index contributed by atoms with van der Waals surface area (Å²) < 4.78 is 24.4. The van der Waals surface area contributed by atoms with Crippen molar-refractivity contribution in [3.05, 3.63) is 65.0 Å². The Kier molecular flexibility index (Phi) is 6.16. The molecule has 1 amide bonds. The highest BCUT2D eigenvalue weighted by Gasteiger charge is 2.55. The van der Waals surface area contributed by atoms with Crippen molar-refractivity contribution in [3.63, 3.8) is 0 Å². The molecule has 180 valence electrons. The first-order valence-electron chi connectivity index (χ1n) is 11.9. The van der Waals surface area contributed by atoms with Crippen molar-refractivity contribution >= 4 is 11.7 Å². The summed E-state index contributed by atoms with van der Waals surface area (Å²) >= 11 is 0. The summed E-state index contributed by atoms with van der Waals surface area (Å²) in [7, 11) is 1.54. The standard InChI is InChI=1S/C27H30FNO5/c1-33-14-20-10-17(23(30)15-34-24-5-3-2-4-22(24)28)6-7-21(20)26(31)29-25-18-8-16-9-19(25)13-27(32,11-16)12-18/h2-7,10,16,18-19,25,32H,8-9,11-15H2,1H3,(H,29,31)/t16?,18?,19?,25-,27-. The Balaban J connectivity index is 1.29. The zero-order chi connectivity index (χ0) is 23.9. The van der Waals surface area contributed by atoms with Gasteiger partial charge in [-0.25, -0.2) is 4.39 Å². The van der Waals surface area contributed by atoms with Crippen molar-refractivity contribution in [2.24, 2.45) is 17.8 Å². The molecule has 6 rings (SSSR count). The minimum atomic E-state index is -0.550. The average Bonchev–Trinajstić information content (AvgIpc) is 2.79. The van der Waals surface area contributed by atoms with Gasteiger partial charge in [0.25, 0.3) is 5.91 Å². The van der Waals surface area contributed by atoms with Crippen molar-refractivity contribution in [2.45, 2.75) is 50.4 Å². The molecule has 2 N–H and O–H groups in total. The van der Waals surface area contributed by atoms with Crippen LogP contribution in [0.4, 0.5) is 4.39 Å². The fraction of sp³-hybridized carbons (Fsp3) is 0.481. The molecule has 0 spiro atoms. The molecule has 0 heterocycles. The summed E-state index contributed by atoms with van der Waals surface area (Å²) in [6.07, 6.45) is 4.53. The molecule has 2 aromatic rings. The van der Waals surface area contributed by atoms with E-state index in [1.807, 2.05) is 0 Å². The number of aliphatic hydroxyl groups is 1. The fourth-order valence-electron chi connectivity index (χ4n) is 6.50. The van der Waals surface area contributed by atoms with E-state index in [0.29, 0.717) is 34.4 Å². The van der Waals surface area contributed by atoms with Crippen LogP contribution in [0.5, 0.6) is 5.75 Å². The third-order valence-electron chi connectivity index (χ3n) is 7.71. The zero-order valence-electron chi connectivity index (χ0n) is 19.3. The maximum atomic E-state index is 13.8. The number of benzene rings is 2. The highest BCUT2D eigenvalue weighted by Crippen LogP contribution is 2.55. The monoisotopic (exact) mass is 467 g/mol. The second kappa shape index (κ2) is 9.12. The van der Waals surface area contributed by atoms with Gasteiger partial charge in [-0.1, -0.05) is 18.2 Å². The van der Waals surface area contributed by atoms with Gasteiger partial charge in [0.05, 0.1) is 12.2 Å². The van der Waals surface area contributed by atoms with Crippen LogP contribution in [0.2, 0.25) is 0 Å². The van der Waals surface area contributed by atoms with E-state index in [1.165, 1.54) is 19.2 Å². The molecule has 4 saturated carbocycles. The smallest absolute Gasteiger partial charge is 0.251 e. The normalized spacial score (nSPS) is 29.1. The number of ether oxygens (including phenoxy) is 2. The van der Waals surface area contributed by atoms with Gasteiger partial charge in [0.1, 0.15) is 0 Å². The second-order valence-corrected chi connectivity index (χ2v) is 10.1. The lowest BCUT2D eigenvalue weighted by atomic mass is 9.52.